The number of nitrogens with zero attached hydrogens (tertiary/aromatic N) is 1. The maximum atomic E-state index is 4.53. The molecule has 1 heteroatoms. The van der Waals surface area contributed by atoms with Crippen LogP contribution < -0.4 is 0 Å². The molecular weight excluding hydrogens is 170 g/mol. The number of hydrogen-bond donors (Lipinski definition) is 0. The Hall–Kier alpha value is -0.850. The fourth-order valence-electron chi connectivity index (χ4n) is 1.83. The van der Waals surface area contributed by atoms with Gasteiger partial charge in [-0.25, -0.2) is 0 Å². The van der Waals surface area contributed by atoms with E-state index in [1.807, 2.05) is 6.20 Å². The summed E-state index contributed by atoms with van der Waals surface area (Å²) in [4.78, 5) is 4.53. The number of aromatic nitrogens is 1. The standard InChI is InChI=1S/C13H21N/c1-9(2)6-12-7-11(5)13(10(3)4)14-8-12/h7-10H,6H2,1-5H3. The lowest BCUT2D eigenvalue weighted by Crippen LogP contribution is -2.00. The van der Waals surface area contributed by atoms with Gasteiger partial charge in [0, 0.05) is 11.9 Å². The second-order valence-electron chi connectivity index (χ2n) is 4.80. The lowest BCUT2D eigenvalue weighted by atomic mass is 9.99. The lowest BCUT2D eigenvalue weighted by Gasteiger charge is -2.11. The molecule has 0 amide bonds. The Morgan fingerprint density at radius 1 is 1.21 bits per heavy atom. The summed E-state index contributed by atoms with van der Waals surface area (Å²) in [7, 11) is 0. The average molecular weight is 191 g/mol. The van der Waals surface area contributed by atoms with Crippen LogP contribution in [-0.4, -0.2) is 4.98 Å². The second-order valence-corrected chi connectivity index (χ2v) is 4.80. The van der Waals surface area contributed by atoms with Gasteiger partial charge in [0.2, 0.25) is 0 Å². The van der Waals surface area contributed by atoms with Gasteiger partial charge in [-0.15, -0.1) is 0 Å². The molecule has 0 aliphatic rings. The summed E-state index contributed by atoms with van der Waals surface area (Å²) < 4.78 is 0. The molecular formula is C13H21N. The molecule has 0 atom stereocenters. The Balaban J connectivity index is 2.89. The Labute approximate surface area is 87.6 Å². The summed E-state index contributed by atoms with van der Waals surface area (Å²) in [6.45, 7) is 11.0. The van der Waals surface area contributed by atoms with E-state index in [-0.39, 0.29) is 0 Å². The second kappa shape index (κ2) is 4.59. The maximum Gasteiger partial charge on any atom is 0.0458 e. The van der Waals surface area contributed by atoms with E-state index < -0.39 is 0 Å². The third-order valence-electron chi connectivity index (χ3n) is 2.37. The largest absolute Gasteiger partial charge is 0.260 e. The Bertz CT molecular complexity index is 300. The Morgan fingerprint density at radius 3 is 2.29 bits per heavy atom. The fourth-order valence-corrected chi connectivity index (χ4v) is 1.83. The fraction of sp³-hybridized carbons (Fsp3) is 0.615. The topological polar surface area (TPSA) is 12.9 Å². The first-order valence-electron chi connectivity index (χ1n) is 5.46. The zero-order chi connectivity index (χ0) is 10.7. The van der Waals surface area contributed by atoms with Crippen LogP contribution in [-0.2, 0) is 6.42 Å². The van der Waals surface area contributed by atoms with Crippen molar-refractivity contribution < 1.29 is 0 Å². The number of rotatable bonds is 3. The van der Waals surface area contributed by atoms with Gasteiger partial charge in [-0.2, -0.15) is 0 Å². The zero-order valence-corrected chi connectivity index (χ0v) is 9.96. The molecule has 14 heavy (non-hydrogen) atoms. The van der Waals surface area contributed by atoms with Crippen LogP contribution in [0.15, 0.2) is 12.3 Å². The van der Waals surface area contributed by atoms with E-state index in [0.717, 1.165) is 6.42 Å². The molecule has 0 unspecified atom stereocenters. The van der Waals surface area contributed by atoms with Crippen LogP contribution in [0, 0.1) is 12.8 Å². The highest BCUT2D eigenvalue weighted by atomic mass is 14.7. The molecule has 0 aliphatic carbocycles. The highest BCUT2D eigenvalue weighted by Crippen LogP contribution is 2.18. The predicted molar refractivity (Wildman–Crippen MR) is 61.6 cm³/mol. The maximum absolute atomic E-state index is 4.53. The van der Waals surface area contributed by atoms with E-state index in [4.69, 9.17) is 0 Å². The highest BCUT2D eigenvalue weighted by Gasteiger charge is 2.06. The first-order chi connectivity index (χ1) is 6.50. The average Bonchev–Trinajstić information content (AvgIpc) is 2.01. The van der Waals surface area contributed by atoms with Crippen LogP contribution in [0.25, 0.3) is 0 Å². The minimum Gasteiger partial charge on any atom is -0.260 e. The molecule has 0 N–H and O–H groups in total. The molecule has 0 fully saturated rings. The van der Waals surface area contributed by atoms with Crippen molar-refractivity contribution >= 4 is 0 Å². The summed E-state index contributed by atoms with van der Waals surface area (Å²) in [5, 5.41) is 0. The van der Waals surface area contributed by atoms with E-state index in [9.17, 15) is 0 Å². The van der Waals surface area contributed by atoms with Gasteiger partial charge in [-0.3, -0.25) is 4.98 Å². The van der Waals surface area contributed by atoms with E-state index in [1.165, 1.54) is 16.8 Å². The number of aryl methyl sites for hydroxylation is 1. The van der Waals surface area contributed by atoms with Crippen LogP contribution in [0.2, 0.25) is 0 Å². The van der Waals surface area contributed by atoms with Crippen LogP contribution >= 0.6 is 0 Å². The van der Waals surface area contributed by atoms with Gasteiger partial charge in [0.25, 0.3) is 0 Å². The van der Waals surface area contributed by atoms with Crippen molar-refractivity contribution in [3.05, 3.63) is 29.1 Å². The molecule has 0 saturated heterocycles. The number of pyridine rings is 1. The molecule has 78 valence electrons. The van der Waals surface area contributed by atoms with Crippen LogP contribution in [0.4, 0.5) is 0 Å². The van der Waals surface area contributed by atoms with Crippen molar-refractivity contribution in [1.82, 2.24) is 4.98 Å². The quantitative estimate of drug-likeness (QED) is 0.709. The summed E-state index contributed by atoms with van der Waals surface area (Å²) in [6, 6.07) is 2.28. The monoisotopic (exact) mass is 191 g/mol. The lowest BCUT2D eigenvalue weighted by molar-refractivity contribution is 0.643. The zero-order valence-electron chi connectivity index (χ0n) is 9.96. The first kappa shape index (κ1) is 11.2. The molecule has 1 aromatic rings. The minimum atomic E-state index is 0.531. The van der Waals surface area contributed by atoms with Crippen molar-refractivity contribution in [1.29, 1.82) is 0 Å². The van der Waals surface area contributed by atoms with Gasteiger partial charge in [0.05, 0.1) is 0 Å². The molecule has 0 radical (unpaired) electrons. The predicted octanol–water partition coefficient (Wildman–Crippen LogP) is 3.71. The van der Waals surface area contributed by atoms with Crippen LogP contribution in [0.1, 0.15) is 50.4 Å². The van der Waals surface area contributed by atoms with Crippen molar-refractivity contribution in [3.63, 3.8) is 0 Å². The van der Waals surface area contributed by atoms with Gasteiger partial charge < -0.3 is 0 Å². The molecule has 0 aromatic carbocycles. The highest BCUT2D eigenvalue weighted by molar-refractivity contribution is 5.26. The minimum absolute atomic E-state index is 0.531. The summed E-state index contributed by atoms with van der Waals surface area (Å²) in [6.07, 6.45) is 3.16. The third-order valence-corrected chi connectivity index (χ3v) is 2.37. The van der Waals surface area contributed by atoms with Crippen molar-refractivity contribution in [2.24, 2.45) is 5.92 Å². The van der Waals surface area contributed by atoms with Crippen LogP contribution in [0.3, 0.4) is 0 Å². The molecule has 0 saturated carbocycles. The van der Waals surface area contributed by atoms with Gasteiger partial charge in [0.1, 0.15) is 0 Å². The summed E-state index contributed by atoms with van der Waals surface area (Å²) in [5.41, 5.74) is 3.93. The molecule has 1 rings (SSSR count). The van der Waals surface area contributed by atoms with Crippen molar-refractivity contribution in [2.45, 2.75) is 47.0 Å². The van der Waals surface area contributed by atoms with Crippen molar-refractivity contribution in [3.8, 4) is 0 Å². The molecule has 1 aromatic heterocycles. The summed E-state index contributed by atoms with van der Waals surface area (Å²) in [5.74, 6) is 1.24. The molecule has 0 spiro atoms. The first-order valence-corrected chi connectivity index (χ1v) is 5.46. The SMILES string of the molecule is Cc1cc(CC(C)C)cnc1C(C)C. The van der Waals surface area contributed by atoms with E-state index >= 15 is 0 Å². The molecule has 0 aliphatic heterocycles. The van der Waals surface area contributed by atoms with E-state index in [0.29, 0.717) is 11.8 Å². The van der Waals surface area contributed by atoms with Gasteiger partial charge >= 0.3 is 0 Å². The smallest absolute Gasteiger partial charge is 0.0458 e. The Kier molecular flexibility index (Phi) is 3.68. The third kappa shape index (κ3) is 2.83. The van der Waals surface area contributed by atoms with Gasteiger partial charge in [-0.05, 0) is 36.3 Å². The van der Waals surface area contributed by atoms with E-state index in [1.54, 1.807) is 0 Å². The van der Waals surface area contributed by atoms with Crippen molar-refractivity contribution in [2.75, 3.05) is 0 Å². The number of hydrogen-bond acceptors (Lipinski definition) is 1. The molecule has 0 bridgehead atoms. The molecule has 1 heterocycles. The normalized spacial score (nSPS) is 11.4. The van der Waals surface area contributed by atoms with Crippen LogP contribution in [0.5, 0.6) is 0 Å². The molecule has 1 nitrogen and oxygen atoms in total. The van der Waals surface area contributed by atoms with Gasteiger partial charge in [-0.1, -0.05) is 33.8 Å². The van der Waals surface area contributed by atoms with E-state index in [2.05, 4.69) is 45.7 Å². The van der Waals surface area contributed by atoms with Gasteiger partial charge in [0.15, 0.2) is 0 Å². The Morgan fingerprint density at radius 2 is 1.86 bits per heavy atom. The summed E-state index contributed by atoms with van der Waals surface area (Å²) >= 11 is 0.